The molecule has 0 radical (unpaired) electrons. The van der Waals surface area contributed by atoms with Crippen molar-refractivity contribution < 1.29 is 14.2 Å². The minimum Gasteiger partial charge on any atom is -0.453 e. The minimum atomic E-state index is 0.276. The monoisotopic (exact) mass is 181 g/mol. The van der Waals surface area contributed by atoms with Gasteiger partial charge in [-0.25, -0.2) is 0 Å². The van der Waals surface area contributed by atoms with Crippen LogP contribution in [-0.2, 0) is 11.3 Å². The lowest BCUT2D eigenvalue weighted by molar-refractivity contribution is 0.162. The number of rotatable bonds is 2. The van der Waals surface area contributed by atoms with Gasteiger partial charge >= 0.3 is 0 Å². The summed E-state index contributed by atoms with van der Waals surface area (Å²) in [6.45, 7) is 2.67. The van der Waals surface area contributed by atoms with Gasteiger partial charge in [-0.1, -0.05) is 0 Å². The third-order valence-electron chi connectivity index (χ3n) is 1.95. The number of hydrogen-bond acceptors (Lipinski definition) is 4. The van der Waals surface area contributed by atoms with Crippen LogP contribution in [0.1, 0.15) is 11.3 Å². The molecule has 0 unspecified atom stereocenters. The van der Waals surface area contributed by atoms with Gasteiger partial charge in [-0.2, -0.15) is 0 Å². The Morgan fingerprint density at radius 3 is 3.00 bits per heavy atom. The molecule has 0 bridgehead atoms. The first kappa shape index (κ1) is 8.31. The molecular weight excluding hydrogens is 170 g/mol. The van der Waals surface area contributed by atoms with Crippen LogP contribution in [0.2, 0.25) is 0 Å². The van der Waals surface area contributed by atoms with Crippen molar-refractivity contribution in [2.24, 2.45) is 0 Å². The lowest BCUT2D eigenvalue weighted by atomic mass is 10.2. The number of fused-ring (bicyclic) bond motifs is 1. The molecular formula is C9H11NO3. The molecule has 0 aromatic carbocycles. The Labute approximate surface area is 76.4 Å². The summed E-state index contributed by atoms with van der Waals surface area (Å²) in [6.07, 6.45) is 1.76. The van der Waals surface area contributed by atoms with Crippen molar-refractivity contribution in [1.82, 2.24) is 4.98 Å². The Kier molecular flexibility index (Phi) is 2.06. The number of pyridine rings is 1. The van der Waals surface area contributed by atoms with Gasteiger partial charge < -0.3 is 14.2 Å². The van der Waals surface area contributed by atoms with E-state index >= 15 is 0 Å². The molecule has 0 fully saturated rings. The van der Waals surface area contributed by atoms with E-state index in [2.05, 4.69) is 4.98 Å². The van der Waals surface area contributed by atoms with Gasteiger partial charge in [0.1, 0.15) is 0 Å². The first-order valence-electron chi connectivity index (χ1n) is 4.06. The molecule has 0 saturated heterocycles. The molecule has 0 N–H and O–H groups in total. The summed E-state index contributed by atoms with van der Waals surface area (Å²) >= 11 is 0. The second-order valence-electron chi connectivity index (χ2n) is 2.87. The van der Waals surface area contributed by atoms with Crippen LogP contribution in [-0.4, -0.2) is 18.9 Å². The summed E-state index contributed by atoms with van der Waals surface area (Å²) in [7, 11) is 1.64. The van der Waals surface area contributed by atoms with E-state index in [0.717, 1.165) is 22.8 Å². The SMILES string of the molecule is COCc1cnc(C)c2c1OCO2. The molecule has 13 heavy (non-hydrogen) atoms. The first-order valence-corrected chi connectivity index (χ1v) is 4.06. The van der Waals surface area contributed by atoms with Gasteiger partial charge in [0.2, 0.25) is 6.79 Å². The fourth-order valence-electron chi connectivity index (χ4n) is 1.34. The van der Waals surface area contributed by atoms with Gasteiger partial charge in [0.05, 0.1) is 12.3 Å². The normalized spacial score (nSPS) is 13.4. The van der Waals surface area contributed by atoms with Crippen LogP contribution < -0.4 is 9.47 Å². The standard InChI is InChI=1S/C9H11NO3/c1-6-8-9(13-5-12-8)7(3-10-6)4-11-2/h3H,4-5H2,1-2H3. The molecule has 0 atom stereocenters. The van der Waals surface area contributed by atoms with Gasteiger partial charge in [-0.3, -0.25) is 4.98 Å². The van der Waals surface area contributed by atoms with Crippen LogP contribution in [0.4, 0.5) is 0 Å². The lowest BCUT2D eigenvalue weighted by Crippen LogP contribution is -1.95. The van der Waals surface area contributed by atoms with E-state index in [4.69, 9.17) is 14.2 Å². The van der Waals surface area contributed by atoms with Crippen molar-refractivity contribution in [1.29, 1.82) is 0 Å². The Morgan fingerprint density at radius 2 is 2.23 bits per heavy atom. The minimum absolute atomic E-state index is 0.276. The van der Waals surface area contributed by atoms with E-state index in [1.165, 1.54) is 0 Å². The molecule has 2 rings (SSSR count). The predicted octanol–water partition coefficient (Wildman–Crippen LogP) is 1.27. The Bertz CT molecular complexity index is 325. The summed E-state index contributed by atoms with van der Waals surface area (Å²) < 4.78 is 15.6. The van der Waals surface area contributed by atoms with E-state index in [9.17, 15) is 0 Å². The Balaban J connectivity index is 2.43. The molecule has 1 aliphatic heterocycles. The second-order valence-corrected chi connectivity index (χ2v) is 2.87. The smallest absolute Gasteiger partial charge is 0.231 e. The van der Waals surface area contributed by atoms with Crippen LogP contribution in [0.25, 0.3) is 0 Å². The van der Waals surface area contributed by atoms with Gasteiger partial charge in [0.25, 0.3) is 0 Å². The third kappa shape index (κ3) is 1.33. The predicted molar refractivity (Wildman–Crippen MR) is 45.8 cm³/mol. The molecule has 70 valence electrons. The highest BCUT2D eigenvalue weighted by Crippen LogP contribution is 2.37. The lowest BCUT2D eigenvalue weighted by Gasteiger charge is -2.05. The van der Waals surface area contributed by atoms with Crippen molar-refractivity contribution >= 4 is 0 Å². The molecule has 0 saturated carbocycles. The van der Waals surface area contributed by atoms with Crippen molar-refractivity contribution in [3.63, 3.8) is 0 Å². The third-order valence-corrected chi connectivity index (χ3v) is 1.95. The van der Waals surface area contributed by atoms with E-state index in [0.29, 0.717) is 6.61 Å². The quantitative estimate of drug-likeness (QED) is 0.688. The molecule has 1 aliphatic rings. The fraction of sp³-hybridized carbons (Fsp3) is 0.444. The molecule has 0 aliphatic carbocycles. The summed E-state index contributed by atoms with van der Waals surface area (Å²) in [4.78, 5) is 4.18. The molecule has 1 aromatic heterocycles. The second kappa shape index (κ2) is 3.22. The Hall–Kier alpha value is -1.29. The highest BCUT2D eigenvalue weighted by molar-refractivity contribution is 5.49. The summed E-state index contributed by atoms with van der Waals surface area (Å²) in [5, 5.41) is 0. The van der Waals surface area contributed by atoms with Gasteiger partial charge in [0.15, 0.2) is 11.5 Å². The molecule has 4 nitrogen and oxygen atoms in total. The van der Waals surface area contributed by atoms with Gasteiger partial charge in [-0.15, -0.1) is 0 Å². The van der Waals surface area contributed by atoms with E-state index in [-0.39, 0.29) is 6.79 Å². The van der Waals surface area contributed by atoms with Crippen molar-refractivity contribution in [2.75, 3.05) is 13.9 Å². The molecule has 4 heteroatoms. The number of hydrogen-bond donors (Lipinski definition) is 0. The zero-order chi connectivity index (χ0) is 9.26. The molecule has 2 heterocycles. The van der Waals surface area contributed by atoms with Crippen LogP contribution in [0.15, 0.2) is 6.20 Å². The zero-order valence-corrected chi connectivity index (χ0v) is 7.66. The maximum Gasteiger partial charge on any atom is 0.231 e. The van der Waals surface area contributed by atoms with Gasteiger partial charge in [-0.05, 0) is 6.92 Å². The first-order chi connectivity index (χ1) is 6.33. The highest BCUT2D eigenvalue weighted by Gasteiger charge is 2.20. The maximum atomic E-state index is 5.32. The van der Waals surface area contributed by atoms with Gasteiger partial charge in [0, 0.05) is 18.9 Å². The molecule has 0 amide bonds. The van der Waals surface area contributed by atoms with E-state index in [1.807, 2.05) is 6.92 Å². The van der Waals surface area contributed by atoms with Crippen LogP contribution >= 0.6 is 0 Å². The average Bonchev–Trinajstić information content (AvgIpc) is 2.59. The number of methoxy groups -OCH3 is 1. The maximum absolute atomic E-state index is 5.32. The summed E-state index contributed by atoms with van der Waals surface area (Å²) in [5.41, 5.74) is 1.79. The molecule has 1 aromatic rings. The Morgan fingerprint density at radius 1 is 1.46 bits per heavy atom. The van der Waals surface area contributed by atoms with Crippen molar-refractivity contribution in [3.05, 3.63) is 17.5 Å². The van der Waals surface area contributed by atoms with E-state index < -0.39 is 0 Å². The van der Waals surface area contributed by atoms with Crippen molar-refractivity contribution in [3.8, 4) is 11.5 Å². The number of aryl methyl sites for hydroxylation is 1. The van der Waals surface area contributed by atoms with E-state index in [1.54, 1.807) is 13.3 Å². The van der Waals surface area contributed by atoms with Crippen LogP contribution in [0, 0.1) is 6.92 Å². The fourth-order valence-corrected chi connectivity index (χ4v) is 1.34. The number of ether oxygens (including phenoxy) is 3. The summed E-state index contributed by atoms with van der Waals surface area (Å²) in [6, 6.07) is 0. The average molecular weight is 181 g/mol. The molecule has 0 spiro atoms. The topological polar surface area (TPSA) is 40.6 Å². The van der Waals surface area contributed by atoms with Crippen LogP contribution in [0.5, 0.6) is 11.5 Å². The largest absolute Gasteiger partial charge is 0.453 e. The number of nitrogens with zero attached hydrogens (tertiary/aromatic N) is 1. The zero-order valence-electron chi connectivity index (χ0n) is 7.66. The van der Waals surface area contributed by atoms with Crippen molar-refractivity contribution in [2.45, 2.75) is 13.5 Å². The highest BCUT2D eigenvalue weighted by atomic mass is 16.7. The van der Waals surface area contributed by atoms with Crippen LogP contribution in [0.3, 0.4) is 0 Å². The summed E-state index contributed by atoms with van der Waals surface area (Å²) in [5.74, 6) is 1.52. The number of aromatic nitrogens is 1.